The van der Waals surface area contributed by atoms with Crippen LogP contribution in [0.3, 0.4) is 0 Å². The number of likely N-dealkylation sites (tertiary alicyclic amines) is 1. The van der Waals surface area contributed by atoms with E-state index in [1.54, 1.807) is 17.0 Å². The molecule has 1 amide bonds. The van der Waals surface area contributed by atoms with Crippen molar-refractivity contribution >= 4 is 11.9 Å². The first kappa shape index (κ1) is 18.1. The number of benzene rings is 2. The van der Waals surface area contributed by atoms with Gasteiger partial charge in [0.1, 0.15) is 5.82 Å². The lowest BCUT2D eigenvalue weighted by Gasteiger charge is -2.39. The first-order valence-electron chi connectivity index (χ1n) is 8.78. The molecule has 0 aromatic heterocycles. The summed E-state index contributed by atoms with van der Waals surface area (Å²) in [4.78, 5) is 26.1. The number of carboxylic acids is 1. The van der Waals surface area contributed by atoms with E-state index in [0.717, 1.165) is 11.1 Å². The van der Waals surface area contributed by atoms with Crippen LogP contribution in [0.15, 0.2) is 54.6 Å². The summed E-state index contributed by atoms with van der Waals surface area (Å²) in [6, 6.07) is 15.5. The van der Waals surface area contributed by atoms with Gasteiger partial charge < -0.3 is 10.0 Å². The zero-order valence-corrected chi connectivity index (χ0v) is 14.5. The summed E-state index contributed by atoms with van der Waals surface area (Å²) in [5.74, 6) is -1.17. The molecule has 1 fully saturated rings. The van der Waals surface area contributed by atoms with Gasteiger partial charge in [0.25, 0.3) is 0 Å². The maximum absolute atomic E-state index is 13.0. The second kappa shape index (κ2) is 7.68. The summed E-state index contributed by atoms with van der Waals surface area (Å²) >= 11 is 0. The predicted molar refractivity (Wildman–Crippen MR) is 96.1 cm³/mol. The third-order valence-electron chi connectivity index (χ3n) is 5.18. The second-order valence-electron chi connectivity index (χ2n) is 6.93. The molecular weight excluding hydrogens is 333 g/mol. The van der Waals surface area contributed by atoms with Gasteiger partial charge in [-0.1, -0.05) is 42.5 Å². The summed E-state index contributed by atoms with van der Waals surface area (Å²) in [6.45, 7) is 0.859. The number of carbonyl (C=O) groups excluding carboxylic acids is 1. The number of hydrogen-bond acceptors (Lipinski definition) is 2. The average molecular weight is 355 g/mol. The average Bonchev–Trinajstić information content (AvgIpc) is 2.65. The number of piperidine rings is 1. The van der Waals surface area contributed by atoms with Gasteiger partial charge in [-0.25, -0.2) is 4.39 Å². The van der Waals surface area contributed by atoms with Crippen molar-refractivity contribution in [3.05, 3.63) is 71.5 Å². The van der Waals surface area contributed by atoms with E-state index in [-0.39, 0.29) is 18.1 Å². The molecule has 4 nitrogen and oxygen atoms in total. The minimum atomic E-state index is -0.825. The third-order valence-corrected chi connectivity index (χ3v) is 5.18. The fourth-order valence-corrected chi connectivity index (χ4v) is 3.53. The zero-order chi connectivity index (χ0) is 18.6. The Morgan fingerprint density at radius 3 is 2.15 bits per heavy atom. The van der Waals surface area contributed by atoms with E-state index < -0.39 is 11.4 Å². The smallest absolute Gasteiger partial charge is 0.310 e. The summed E-state index contributed by atoms with van der Waals surface area (Å²) in [5, 5.41) is 9.80. The molecule has 0 spiro atoms. The van der Waals surface area contributed by atoms with Gasteiger partial charge in [-0.3, -0.25) is 9.59 Å². The van der Waals surface area contributed by atoms with Crippen molar-refractivity contribution in [2.75, 3.05) is 13.1 Å². The molecule has 2 aromatic carbocycles. The van der Waals surface area contributed by atoms with E-state index in [2.05, 4.69) is 0 Å². The molecule has 1 aliphatic heterocycles. The van der Waals surface area contributed by atoms with Crippen LogP contribution in [0.25, 0.3) is 0 Å². The first-order chi connectivity index (χ1) is 12.5. The van der Waals surface area contributed by atoms with Crippen molar-refractivity contribution in [1.29, 1.82) is 0 Å². The van der Waals surface area contributed by atoms with Crippen LogP contribution in [0.1, 0.15) is 24.0 Å². The second-order valence-corrected chi connectivity index (χ2v) is 6.93. The van der Waals surface area contributed by atoms with Crippen LogP contribution in [0.4, 0.5) is 4.39 Å². The minimum absolute atomic E-state index is 0.0460. The van der Waals surface area contributed by atoms with Crippen LogP contribution in [0.2, 0.25) is 0 Å². The third kappa shape index (κ3) is 4.10. The highest BCUT2D eigenvalue weighted by atomic mass is 19.1. The molecule has 0 radical (unpaired) electrons. The van der Waals surface area contributed by atoms with Gasteiger partial charge >= 0.3 is 5.97 Å². The van der Waals surface area contributed by atoms with Crippen LogP contribution in [0.5, 0.6) is 0 Å². The van der Waals surface area contributed by atoms with Gasteiger partial charge in [-0.05, 0) is 42.5 Å². The van der Waals surface area contributed by atoms with Crippen LogP contribution in [-0.2, 0) is 22.4 Å². The zero-order valence-electron chi connectivity index (χ0n) is 14.5. The number of aliphatic carboxylic acids is 1. The van der Waals surface area contributed by atoms with Crippen LogP contribution in [0, 0.1) is 11.2 Å². The summed E-state index contributed by atoms with van der Waals surface area (Å²) in [6.07, 6.45) is 1.56. The van der Waals surface area contributed by atoms with Gasteiger partial charge in [0.05, 0.1) is 11.8 Å². The Balaban J connectivity index is 1.63. The number of carbonyl (C=O) groups is 2. The van der Waals surface area contributed by atoms with E-state index in [0.29, 0.717) is 32.4 Å². The Morgan fingerprint density at radius 1 is 0.962 bits per heavy atom. The highest BCUT2D eigenvalue weighted by Crippen LogP contribution is 2.35. The monoisotopic (exact) mass is 355 g/mol. The van der Waals surface area contributed by atoms with E-state index in [1.807, 2.05) is 30.3 Å². The standard InChI is InChI=1S/C21H22FNO3/c22-18-8-6-16(7-9-18)14-19(24)23-12-10-21(11-13-23,20(25)26)15-17-4-2-1-3-5-17/h1-9H,10-15H2,(H,25,26). The number of nitrogens with zero attached hydrogens (tertiary/aromatic N) is 1. The Bertz CT molecular complexity index is 766. The quantitative estimate of drug-likeness (QED) is 0.895. The highest BCUT2D eigenvalue weighted by molar-refractivity contribution is 5.80. The van der Waals surface area contributed by atoms with Crippen molar-refractivity contribution in [3.63, 3.8) is 0 Å². The first-order valence-corrected chi connectivity index (χ1v) is 8.78. The fraction of sp³-hybridized carbons (Fsp3) is 0.333. The SMILES string of the molecule is O=C(Cc1ccc(F)cc1)N1CCC(Cc2ccccc2)(C(=O)O)CC1. The lowest BCUT2D eigenvalue weighted by Crippen LogP contribution is -2.48. The van der Waals surface area contributed by atoms with E-state index in [9.17, 15) is 19.1 Å². The largest absolute Gasteiger partial charge is 0.481 e. The summed E-state index contributed by atoms with van der Waals surface area (Å²) in [7, 11) is 0. The maximum atomic E-state index is 13.0. The topological polar surface area (TPSA) is 57.6 Å². The van der Waals surface area contributed by atoms with Crippen molar-refractivity contribution in [3.8, 4) is 0 Å². The Kier molecular flexibility index (Phi) is 5.35. The summed E-state index contributed by atoms with van der Waals surface area (Å²) in [5.41, 5.74) is 0.935. The number of amides is 1. The van der Waals surface area contributed by atoms with Gasteiger partial charge in [-0.2, -0.15) is 0 Å². The fourth-order valence-electron chi connectivity index (χ4n) is 3.53. The van der Waals surface area contributed by atoms with Crippen molar-refractivity contribution in [2.45, 2.75) is 25.7 Å². The Labute approximate surface area is 152 Å². The maximum Gasteiger partial charge on any atom is 0.310 e. The molecule has 0 saturated carbocycles. The minimum Gasteiger partial charge on any atom is -0.481 e. The molecule has 2 aromatic rings. The number of hydrogen-bond donors (Lipinski definition) is 1. The van der Waals surface area contributed by atoms with Gasteiger partial charge in [0.15, 0.2) is 0 Å². The molecule has 136 valence electrons. The molecule has 0 unspecified atom stereocenters. The molecule has 3 rings (SSSR count). The van der Waals surface area contributed by atoms with Crippen LogP contribution >= 0.6 is 0 Å². The van der Waals surface area contributed by atoms with Crippen LogP contribution < -0.4 is 0 Å². The molecule has 0 aliphatic carbocycles. The van der Waals surface area contributed by atoms with E-state index in [4.69, 9.17) is 0 Å². The van der Waals surface area contributed by atoms with Crippen molar-refractivity contribution < 1.29 is 19.1 Å². The number of halogens is 1. The molecule has 26 heavy (non-hydrogen) atoms. The molecule has 1 heterocycles. The van der Waals surface area contributed by atoms with E-state index >= 15 is 0 Å². The Hall–Kier alpha value is -2.69. The molecule has 0 atom stereocenters. The summed E-state index contributed by atoms with van der Waals surface area (Å²) < 4.78 is 13.0. The molecule has 1 aliphatic rings. The lowest BCUT2D eigenvalue weighted by molar-refractivity contribution is -0.154. The molecule has 5 heteroatoms. The Morgan fingerprint density at radius 2 is 1.58 bits per heavy atom. The number of carboxylic acid groups (broad SMARTS) is 1. The normalized spacial score (nSPS) is 16.3. The van der Waals surface area contributed by atoms with Crippen molar-refractivity contribution in [2.24, 2.45) is 5.41 Å². The predicted octanol–water partition coefficient (Wildman–Crippen LogP) is 3.30. The van der Waals surface area contributed by atoms with Gasteiger partial charge in [-0.15, -0.1) is 0 Å². The molecule has 1 N–H and O–H groups in total. The molecule has 1 saturated heterocycles. The van der Waals surface area contributed by atoms with Gasteiger partial charge in [0.2, 0.25) is 5.91 Å². The number of rotatable bonds is 5. The van der Waals surface area contributed by atoms with Crippen molar-refractivity contribution in [1.82, 2.24) is 4.90 Å². The molecule has 0 bridgehead atoms. The van der Waals surface area contributed by atoms with Gasteiger partial charge in [0, 0.05) is 13.1 Å². The lowest BCUT2D eigenvalue weighted by atomic mass is 9.73. The van der Waals surface area contributed by atoms with E-state index in [1.165, 1.54) is 12.1 Å². The van der Waals surface area contributed by atoms with Crippen LogP contribution in [-0.4, -0.2) is 35.0 Å². The molecular formula is C21H22FNO3. The highest BCUT2D eigenvalue weighted by Gasteiger charge is 2.42.